The Balaban J connectivity index is 1.95. The summed E-state index contributed by atoms with van der Waals surface area (Å²) in [7, 11) is 0. The summed E-state index contributed by atoms with van der Waals surface area (Å²) in [5, 5.41) is 3.03. The fraction of sp³-hybridized carbons (Fsp3) is 0.235. The Hall–Kier alpha value is -1.61. The Morgan fingerprint density at radius 1 is 1.20 bits per heavy atom. The maximum absolute atomic E-state index is 12.0. The van der Waals surface area contributed by atoms with E-state index in [0.29, 0.717) is 6.42 Å². The Morgan fingerprint density at radius 3 is 2.55 bits per heavy atom. The second-order valence-electron chi connectivity index (χ2n) is 5.01. The average molecular weight is 332 g/mol. The largest absolute Gasteiger partial charge is 0.349 e. The molecule has 20 heavy (non-hydrogen) atoms. The van der Waals surface area contributed by atoms with Gasteiger partial charge in [0.15, 0.2) is 0 Å². The van der Waals surface area contributed by atoms with Crippen LogP contribution in [0.4, 0.5) is 0 Å². The number of hydrogen-bond donors (Lipinski definition) is 1. The normalized spacial score (nSPS) is 11.9. The predicted octanol–water partition coefficient (Wildman–Crippen LogP) is 4.18. The van der Waals surface area contributed by atoms with Crippen LogP contribution in [0.25, 0.3) is 0 Å². The smallest absolute Gasteiger partial charge is 0.224 e. The van der Waals surface area contributed by atoms with Crippen LogP contribution in [0.3, 0.4) is 0 Å². The number of hydrogen-bond acceptors (Lipinski definition) is 1. The topological polar surface area (TPSA) is 29.1 Å². The molecule has 0 bridgehead atoms. The van der Waals surface area contributed by atoms with Crippen molar-refractivity contribution in [1.29, 1.82) is 0 Å². The van der Waals surface area contributed by atoms with Crippen molar-refractivity contribution in [2.75, 3.05) is 0 Å². The maximum atomic E-state index is 12.0. The molecule has 1 amide bonds. The van der Waals surface area contributed by atoms with Crippen LogP contribution >= 0.6 is 15.9 Å². The van der Waals surface area contributed by atoms with E-state index in [4.69, 9.17) is 0 Å². The Morgan fingerprint density at radius 2 is 1.90 bits per heavy atom. The first-order valence-electron chi connectivity index (χ1n) is 6.65. The first kappa shape index (κ1) is 14.8. The van der Waals surface area contributed by atoms with Crippen LogP contribution in [-0.2, 0) is 11.2 Å². The van der Waals surface area contributed by atoms with Gasteiger partial charge in [0.1, 0.15) is 0 Å². The zero-order chi connectivity index (χ0) is 14.5. The van der Waals surface area contributed by atoms with Gasteiger partial charge in [0.05, 0.1) is 12.5 Å². The van der Waals surface area contributed by atoms with Crippen molar-refractivity contribution in [3.63, 3.8) is 0 Å². The van der Waals surface area contributed by atoms with Crippen LogP contribution in [0.15, 0.2) is 53.0 Å². The van der Waals surface area contributed by atoms with E-state index in [9.17, 15) is 4.79 Å². The van der Waals surface area contributed by atoms with Gasteiger partial charge in [0, 0.05) is 4.47 Å². The summed E-state index contributed by atoms with van der Waals surface area (Å²) in [6.07, 6.45) is 0.398. The average Bonchev–Trinajstić information content (AvgIpc) is 2.39. The molecule has 0 radical (unpaired) electrons. The summed E-state index contributed by atoms with van der Waals surface area (Å²) in [4.78, 5) is 12.0. The van der Waals surface area contributed by atoms with Gasteiger partial charge in [-0.1, -0.05) is 57.9 Å². The van der Waals surface area contributed by atoms with E-state index in [-0.39, 0.29) is 11.9 Å². The van der Waals surface area contributed by atoms with Crippen molar-refractivity contribution in [2.45, 2.75) is 26.3 Å². The second-order valence-corrected chi connectivity index (χ2v) is 5.92. The molecule has 0 saturated carbocycles. The molecule has 0 fully saturated rings. The zero-order valence-corrected chi connectivity index (χ0v) is 13.3. The molecule has 0 aliphatic heterocycles. The lowest BCUT2D eigenvalue weighted by atomic mass is 10.1. The van der Waals surface area contributed by atoms with E-state index in [1.54, 1.807) is 0 Å². The van der Waals surface area contributed by atoms with Gasteiger partial charge in [0.25, 0.3) is 0 Å². The number of carbonyl (C=O) groups is 1. The van der Waals surface area contributed by atoms with Gasteiger partial charge in [-0.2, -0.15) is 0 Å². The summed E-state index contributed by atoms with van der Waals surface area (Å²) < 4.78 is 0.995. The fourth-order valence-electron chi connectivity index (χ4n) is 2.06. The summed E-state index contributed by atoms with van der Waals surface area (Å²) in [5.74, 6) is 0.0381. The lowest BCUT2D eigenvalue weighted by Gasteiger charge is -2.14. The first-order chi connectivity index (χ1) is 9.54. The minimum absolute atomic E-state index is 0.0234. The van der Waals surface area contributed by atoms with E-state index >= 15 is 0 Å². The minimum Gasteiger partial charge on any atom is -0.349 e. The standard InChI is InChI=1S/C17H18BrNO/c1-12-6-8-15(9-7-12)13(2)19-17(20)11-14-4-3-5-16(18)10-14/h3-10,13H,11H2,1-2H3,(H,19,20)/t13-/m0/s1. The molecular formula is C17H18BrNO. The van der Waals surface area contributed by atoms with Crippen molar-refractivity contribution >= 4 is 21.8 Å². The van der Waals surface area contributed by atoms with Crippen molar-refractivity contribution in [1.82, 2.24) is 5.32 Å². The van der Waals surface area contributed by atoms with Gasteiger partial charge in [-0.05, 0) is 37.1 Å². The molecule has 104 valence electrons. The van der Waals surface area contributed by atoms with Gasteiger partial charge in [-0.15, -0.1) is 0 Å². The molecule has 2 aromatic rings. The van der Waals surface area contributed by atoms with Crippen LogP contribution in [0.5, 0.6) is 0 Å². The van der Waals surface area contributed by atoms with Gasteiger partial charge in [0.2, 0.25) is 5.91 Å². The number of rotatable bonds is 4. The summed E-state index contributed by atoms with van der Waals surface area (Å²) in [6, 6.07) is 16.1. The summed E-state index contributed by atoms with van der Waals surface area (Å²) >= 11 is 3.41. The highest BCUT2D eigenvalue weighted by Gasteiger charge is 2.10. The third kappa shape index (κ3) is 4.20. The SMILES string of the molecule is Cc1ccc([C@H](C)NC(=O)Cc2cccc(Br)c2)cc1. The molecule has 0 aliphatic rings. The van der Waals surface area contributed by atoms with Gasteiger partial charge >= 0.3 is 0 Å². The molecule has 0 aliphatic carbocycles. The van der Waals surface area contributed by atoms with Crippen LogP contribution in [-0.4, -0.2) is 5.91 Å². The van der Waals surface area contributed by atoms with Crippen molar-refractivity contribution in [3.8, 4) is 0 Å². The number of halogens is 1. The first-order valence-corrected chi connectivity index (χ1v) is 7.44. The number of carbonyl (C=O) groups excluding carboxylic acids is 1. The van der Waals surface area contributed by atoms with Gasteiger partial charge < -0.3 is 5.32 Å². The third-order valence-electron chi connectivity index (χ3n) is 3.21. The molecule has 0 heterocycles. The van der Waals surface area contributed by atoms with Gasteiger partial charge in [-0.25, -0.2) is 0 Å². The van der Waals surface area contributed by atoms with E-state index in [0.717, 1.165) is 15.6 Å². The molecule has 2 aromatic carbocycles. The van der Waals surface area contributed by atoms with Crippen molar-refractivity contribution < 1.29 is 4.79 Å². The van der Waals surface area contributed by atoms with Crippen molar-refractivity contribution in [3.05, 3.63) is 69.7 Å². The Labute approximate surface area is 128 Å². The third-order valence-corrected chi connectivity index (χ3v) is 3.70. The number of aryl methyl sites for hydroxylation is 1. The van der Waals surface area contributed by atoms with Crippen molar-refractivity contribution in [2.24, 2.45) is 0 Å². The molecule has 0 unspecified atom stereocenters. The van der Waals surface area contributed by atoms with Crippen LogP contribution in [0.1, 0.15) is 29.7 Å². The van der Waals surface area contributed by atoms with Gasteiger partial charge in [-0.3, -0.25) is 4.79 Å². The second kappa shape index (κ2) is 6.71. The van der Waals surface area contributed by atoms with E-state index in [2.05, 4.69) is 52.4 Å². The van der Waals surface area contributed by atoms with E-state index in [1.807, 2.05) is 31.2 Å². The number of benzene rings is 2. The molecule has 2 nitrogen and oxygen atoms in total. The van der Waals surface area contributed by atoms with Crippen LogP contribution in [0, 0.1) is 6.92 Å². The zero-order valence-electron chi connectivity index (χ0n) is 11.7. The van der Waals surface area contributed by atoms with E-state index < -0.39 is 0 Å². The lowest BCUT2D eigenvalue weighted by Crippen LogP contribution is -2.28. The quantitative estimate of drug-likeness (QED) is 0.894. The molecule has 0 spiro atoms. The molecule has 1 atom stereocenters. The highest BCUT2D eigenvalue weighted by atomic mass is 79.9. The highest BCUT2D eigenvalue weighted by Crippen LogP contribution is 2.15. The Kier molecular flexibility index (Phi) is 4.96. The van der Waals surface area contributed by atoms with Crippen LogP contribution in [0.2, 0.25) is 0 Å². The molecule has 3 heteroatoms. The van der Waals surface area contributed by atoms with Crippen LogP contribution < -0.4 is 5.32 Å². The molecule has 2 rings (SSSR count). The fourth-order valence-corrected chi connectivity index (χ4v) is 2.51. The summed E-state index contributed by atoms with van der Waals surface area (Å²) in [6.45, 7) is 4.06. The molecule has 0 aromatic heterocycles. The number of amides is 1. The molecule has 0 saturated heterocycles. The number of nitrogens with one attached hydrogen (secondary N) is 1. The molecular weight excluding hydrogens is 314 g/mol. The summed E-state index contributed by atoms with van der Waals surface area (Å²) in [5.41, 5.74) is 3.35. The molecule has 1 N–H and O–H groups in total. The predicted molar refractivity (Wildman–Crippen MR) is 85.6 cm³/mol. The minimum atomic E-state index is 0.0234. The Bertz CT molecular complexity index is 592. The van der Waals surface area contributed by atoms with E-state index in [1.165, 1.54) is 5.56 Å². The monoisotopic (exact) mass is 331 g/mol. The highest BCUT2D eigenvalue weighted by molar-refractivity contribution is 9.10. The maximum Gasteiger partial charge on any atom is 0.224 e. The lowest BCUT2D eigenvalue weighted by molar-refractivity contribution is -0.121.